The fourth-order valence-corrected chi connectivity index (χ4v) is 2.64. The van der Waals surface area contributed by atoms with E-state index in [0.717, 1.165) is 32.3 Å². The Morgan fingerprint density at radius 3 is 2.32 bits per heavy atom. The van der Waals surface area contributed by atoms with Crippen molar-refractivity contribution in [3.8, 4) is 0 Å². The second-order valence-electron chi connectivity index (χ2n) is 6.50. The zero-order chi connectivity index (χ0) is 15.9. The molecule has 0 bridgehead atoms. The van der Waals surface area contributed by atoms with Crippen molar-refractivity contribution in [1.82, 2.24) is 0 Å². The first-order valence-electron chi connectivity index (χ1n) is 9.44. The SMILES string of the molecule is CCCCCCCCCCC(O)CCC=CCC=CC1CO1. The minimum Gasteiger partial charge on any atom is -0.393 e. The Bertz CT molecular complexity index is 292. The number of unbranched alkanes of at least 4 members (excludes halogenated alkanes) is 7. The Morgan fingerprint density at radius 2 is 1.64 bits per heavy atom. The summed E-state index contributed by atoms with van der Waals surface area (Å²) in [5.74, 6) is 0. The summed E-state index contributed by atoms with van der Waals surface area (Å²) in [6.07, 6.45) is 23.5. The number of allylic oxidation sites excluding steroid dienone is 3. The molecule has 1 rings (SSSR count). The van der Waals surface area contributed by atoms with Gasteiger partial charge in [-0.2, -0.15) is 0 Å². The molecule has 1 N–H and O–H groups in total. The van der Waals surface area contributed by atoms with Gasteiger partial charge in [0, 0.05) is 0 Å². The van der Waals surface area contributed by atoms with Crippen LogP contribution < -0.4 is 0 Å². The van der Waals surface area contributed by atoms with Crippen LogP contribution in [0.5, 0.6) is 0 Å². The smallest absolute Gasteiger partial charge is 0.0991 e. The lowest BCUT2D eigenvalue weighted by atomic mass is 10.0. The molecular weight excluding hydrogens is 272 g/mol. The van der Waals surface area contributed by atoms with Crippen molar-refractivity contribution >= 4 is 0 Å². The Balaban J connectivity index is 1.80. The van der Waals surface area contributed by atoms with E-state index in [-0.39, 0.29) is 6.10 Å². The van der Waals surface area contributed by atoms with Gasteiger partial charge in [-0.25, -0.2) is 0 Å². The Kier molecular flexibility index (Phi) is 12.4. The van der Waals surface area contributed by atoms with Crippen molar-refractivity contribution in [3.63, 3.8) is 0 Å². The number of epoxide rings is 1. The van der Waals surface area contributed by atoms with E-state index in [4.69, 9.17) is 4.74 Å². The van der Waals surface area contributed by atoms with E-state index >= 15 is 0 Å². The second-order valence-corrected chi connectivity index (χ2v) is 6.50. The van der Waals surface area contributed by atoms with Crippen molar-refractivity contribution in [2.24, 2.45) is 0 Å². The first-order valence-corrected chi connectivity index (χ1v) is 9.44. The van der Waals surface area contributed by atoms with Gasteiger partial charge in [0.2, 0.25) is 0 Å². The van der Waals surface area contributed by atoms with Crippen LogP contribution in [0.4, 0.5) is 0 Å². The van der Waals surface area contributed by atoms with Crippen LogP contribution >= 0.6 is 0 Å². The van der Waals surface area contributed by atoms with Crippen LogP contribution in [0.25, 0.3) is 0 Å². The zero-order valence-electron chi connectivity index (χ0n) is 14.5. The third-order valence-electron chi connectivity index (χ3n) is 4.21. The molecule has 0 aliphatic carbocycles. The molecule has 2 heteroatoms. The van der Waals surface area contributed by atoms with Gasteiger partial charge in [-0.1, -0.05) is 82.6 Å². The molecule has 1 aliphatic heterocycles. The Hall–Kier alpha value is -0.600. The van der Waals surface area contributed by atoms with Gasteiger partial charge in [0.15, 0.2) is 0 Å². The molecule has 0 amide bonds. The fraction of sp³-hybridized carbons (Fsp3) is 0.800. The monoisotopic (exact) mass is 308 g/mol. The Labute approximate surface area is 137 Å². The number of hydrogen-bond acceptors (Lipinski definition) is 2. The summed E-state index contributed by atoms with van der Waals surface area (Å²) in [6, 6.07) is 0. The summed E-state index contributed by atoms with van der Waals surface area (Å²) in [4.78, 5) is 0. The standard InChI is InChI=1S/C20H36O2/c1-2-3-4-5-6-7-9-12-15-19(21)16-13-10-8-11-14-17-20-18-22-20/h8,10,14,17,19-21H,2-7,9,11-13,15-16,18H2,1H3. The number of aliphatic hydroxyl groups is 1. The summed E-state index contributed by atoms with van der Waals surface area (Å²) < 4.78 is 5.10. The van der Waals surface area contributed by atoms with E-state index < -0.39 is 0 Å². The molecule has 0 radical (unpaired) electrons. The summed E-state index contributed by atoms with van der Waals surface area (Å²) in [6.45, 7) is 3.15. The molecule has 2 unspecified atom stereocenters. The summed E-state index contributed by atoms with van der Waals surface area (Å²) in [7, 11) is 0. The highest BCUT2D eigenvalue weighted by molar-refractivity contribution is 4.99. The Morgan fingerprint density at radius 1 is 0.955 bits per heavy atom. The maximum Gasteiger partial charge on any atom is 0.0991 e. The average Bonchev–Trinajstić information content (AvgIpc) is 3.33. The van der Waals surface area contributed by atoms with Crippen LogP contribution in [0, 0.1) is 0 Å². The molecule has 2 nitrogen and oxygen atoms in total. The van der Waals surface area contributed by atoms with Crippen LogP contribution in [0.1, 0.15) is 84.0 Å². The highest BCUT2D eigenvalue weighted by Gasteiger charge is 2.17. The molecule has 0 aromatic carbocycles. The number of ether oxygens (including phenoxy) is 1. The molecule has 1 aliphatic rings. The molecule has 1 heterocycles. The molecule has 128 valence electrons. The lowest BCUT2D eigenvalue weighted by Crippen LogP contribution is -2.05. The first-order chi connectivity index (χ1) is 10.8. The van der Waals surface area contributed by atoms with Crippen LogP contribution in [-0.4, -0.2) is 23.9 Å². The van der Waals surface area contributed by atoms with Gasteiger partial charge in [0.05, 0.1) is 18.8 Å². The summed E-state index contributed by atoms with van der Waals surface area (Å²) >= 11 is 0. The maximum absolute atomic E-state index is 9.94. The average molecular weight is 309 g/mol. The zero-order valence-corrected chi connectivity index (χ0v) is 14.5. The van der Waals surface area contributed by atoms with Gasteiger partial charge in [0.1, 0.15) is 0 Å². The van der Waals surface area contributed by atoms with Crippen molar-refractivity contribution in [2.45, 2.75) is 96.2 Å². The van der Waals surface area contributed by atoms with Gasteiger partial charge in [-0.3, -0.25) is 0 Å². The lowest BCUT2D eigenvalue weighted by Gasteiger charge is -2.08. The summed E-state index contributed by atoms with van der Waals surface area (Å²) in [5.41, 5.74) is 0. The predicted octanol–water partition coefficient (Wildman–Crippen LogP) is 5.56. The highest BCUT2D eigenvalue weighted by Crippen LogP contribution is 2.13. The topological polar surface area (TPSA) is 32.8 Å². The first kappa shape index (κ1) is 19.4. The quantitative estimate of drug-likeness (QED) is 0.244. The maximum atomic E-state index is 9.94. The lowest BCUT2D eigenvalue weighted by molar-refractivity contribution is 0.152. The van der Waals surface area contributed by atoms with Crippen molar-refractivity contribution in [1.29, 1.82) is 0 Å². The van der Waals surface area contributed by atoms with Gasteiger partial charge < -0.3 is 9.84 Å². The van der Waals surface area contributed by atoms with E-state index in [0.29, 0.717) is 6.10 Å². The van der Waals surface area contributed by atoms with Crippen molar-refractivity contribution in [3.05, 3.63) is 24.3 Å². The van der Waals surface area contributed by atoms with Crippen molar-refractivity contribution < 1.29 is 9.84 Å². The molecule has 0 spiro atoms. The number of hydrogen-bond donors (Lipinski definition) is 1. The van der Waals surface area contributed by atoms with Gasteiger partial charge in [-0.05, 0) is 25.7 Å². The van der Waals surface area contributed by atoms with Crippen molar-refractivity contribution in [2.75, 3.05) is 6.61 Å². The fourth-order valence-electron chi connectivity index (χ4n) is 2.64. The van der Waals surface area contributed by atoms with E-state index in [9.17, 15) is 5.11 Å². The molecule has 2 atom stereocenters. The van der Waals surface area contributed by atoms with Crippen LogP contribution in [-0.2, 0) is 4.74 Å². The largest absolute Gasteiger partial charge is 0.393 e. The molecule has 1 saturated heterocycles. The van der Waals surface area contributed by atoms with E-state index in [2.05, 4.69) is 31.2 Å². The predicted molar refractivity (Wildman–Crippen MR) is 95.1 cm³/mol. The minimum atomic E-state index is -0.111. The van der Waals surface area contributed by atoms with Gasteiger partial charge in [-0.15, -0.1) is 0 Å². The molecule has 0 aromatic heterocycles. The van der Waals surface area contributed by atoms with Crippen LogP contribution in [0.3, 0.4) is 0 Å². The normalized spacial score (nSPS) is 19.3. The minimum absolute atomic E-state index is 0.111. The van der Waals surface area contributed by atoms with Gasteiger partial charge >= 0.3 is 0 Å². The third-order valence-corrected chi connectivity index (χ3v) is 4.21. The molecule has 0 aromatic rings. The van der Waals surface area contributed by atoms with E-state index in [1.807, 2.05) is 0 Å². The van der Waals surface area contributed by atoms with E-state index in [1.165, 1.54) is 51.4 Å². The molecule has 22 heavy (non-hydrogen) atoms. The summed E-state index contributed by atoms with van der Waals surface area (Å²) in [5, 5.41) is 9.94. The second kappa shape index (κ2) is 14.0. The molecular formula is C20H36O2. The third kappa shape index (κ3) is 13.1. The van der Waals surface area contributed by atoms with Crippen LogP contribution in [0.2, 0.25) is 0 Å². The van der Waals surface area contributed by atoms with Gasteiger partial charge in [0.25, 0.3) is 0 Å². The molecule has 0 saturated carbocycles. The highest BCUT2D eigenvalue weighted by atomic mass is 16.6. The van der Waals surface area contributed by atoms with E-state index in [1.54, 1.807) is 0 Å². The number of rotatable bonds is 15. The number of aliphatic hydroxyl groups excluding tert-OH is 1. The molecule has 1 fully saturated rings. The van der Waals surface area contributed by atoms with Crippen LogP contribution in [0.15, 0.2) is 24.3 Å².